The van der Waals surface area contributed by atoms with Crippen molar-refractivity contribution in [1.29, 1.82) is 0 Å². The number of Topliss-reactive ketones (excluding diaryl/α,β-unsaturated/α-hetero) is 1. The van der Waals surface area contributed by atoms with Gasteiger partial charge in [-0.3, -0.25) is 9.59 Å². The Morgan fingerprint density at radius 2 is 1.25 bits per heavy atom. The van der Waals surface area contributed by atoms with E-state index in [0.717, 1.165) is 12.8 Å². The minimum Gasteiger partial charge on any atom is -0.465 e. The van der Waals surface area contributed by atoms with E-state index in [1.165, 1.54) is 58.3 Å². The van der Waals surface area contributed by atoms with Crippen LogP contribution in [0, 0.1) is 0 Å². The van der Waals surface area contributed by atoms with Gasteiger partial charge in [-0.15, -0.1) is 0 Å². The van der Waals surface area contributed by atoms with Crippen LogP contribution in [0.2, 0.25) is 0 Å². The van der Waals surface area contributed by atoms with Gasteiger partial charge in [0.05, 0.1) is 6.61 Å². The molecule has 0 saturated carbocycles. The van der Waals surface area contributed by atoms with E-state index in [1.807, 2.05) is 0 Å². The van der Waals surface area contributed by atoms with Gasteiger partial charge in [0.1, 0.15) is 12.2 Å². The smallest absolute Gasteiger partial charge is 0.465 e. The van der Waals surface area contributed by atoms with E-state index in [4.69, 9.17) is 4.74 Å². The molecule has 4 heteroatoms. The number of esters is 1. The number of ether oxygens (including phenoxy) is 1. The van der Waals surface area contributed by atoms with E-state index in [1.54, 1.807) is 0 Å². The second kappa shape index (κ2) is 16.8. The molecule has 0 fully saturated rings. The van der Waals surface area contributed by atoms with Crippen LogP contribution in [0.25, 0.3) is 0 Å². The average molecular weight is 463 g/mol. The standard InChI is InChI=1S/C16H30O3.Ir/c1-3-4-5-6-7-8-9-10-11-12-13-19-16(18)14-15(2)17;/h3-14H2,1-2H3;/q;+3. The first-order chi connectivity index (χ1) is 9.16. The third kappa shape index (κ3) is 17.8. The Kier molecular flexibility index (Phi) is 18.6. The van der Waals surface area contributed by atoms with E-state index in [-0.39, 0.29) is 38.3 Å². The van der Waals surface area contributed by atoms with Gasteiger partial charge in [-0.1, -0.05) is 64.7 Å². The van der Waals surface area contributed by atoms with Crippen LogP contribution in [-0.2, 0) is 34.4 Å². The van der Waals surface area contributed by atoms with Gasteiger partial charge in [-0.05, 0) is 13.3 Å². The van der Waals surface area contributed by atoms with Crippen LogP contribution in [0.1, 0.15) is 84.5 Å². The molecule has 0 aromatic carbocycles. The van der Waals surface area contributed by atoms with Crippen LogP contribution < -0.4 is 0 Å². The second-order valence-electron chi connectivity index (χ2n) is 5.28. The van der Waals surface area contributed by atoms with Gasteiger partial charge >= 0.3 is 26.1 Å². The van der Waals surface area contributed by atoms with Crippen molar-refractivity contribution in [3.63, 3.8) is 0 Å². The molecule has 0 heterocycles. The van der Waals surface area contributed by atoms with E-state index in [0.29, 0.717) is 6.61 Å². The molecule has 0 radical (unpaired) electrons. The quantitative estimate of drug-likeness (QED) is 0.231. The molecule has 0 aliphatic rings. The van der Waals surface area contributed by atoms with Crippen LogP contribution >= 0.6 is 0 Å². The van der Waals surface area contributed by atoms with Crippen LogP contribution in [0.3, 0.4) is 0 Å². The van der Waals surface area contributed by atoms with Crippen molar-refractivity contribution >= 4 is 11.8 Å². The average Bonchev–Trinajstić information content (AvgIpc) is 2.35. The van der Waals surface area contributed by atoms with Crippen molar-refractivity contribution in [1.82, 2.24) is 0 Å². The first-order valence-corrected chi connectivity index (χ1v) is 7.82. The maximum atomic E-state index is 11.1. The third-order valence-electron chi connectivity index (χ3n) is 3.15. The van der Waals surface area contributed by atoms with Crippen molar-refractivity contribution < 1.29 is 34.4 Å². The van der Waals surface area contributed by atoms with Gasteiger partial charge in [-0.2, -0.15) is 0 Å². The number of ketones is 1. The molecule has 118 valence electrons. The zero-order chi connectivity index (χ0) is 14.3. The topological polar surface area (TPSA) is 43.4 Å². The summed E-state index contributed by atoms with van der Waals surface area (Å²) in [5.41, 5.74) is 0. The summed E-state index contributed by atoms with van der Waals surface area (Å²) in [6, 6.07) is 0. The van der Waals surface area contributed by atoms with Crippen molar-refractivity contribution in [3.05, 3.63) is 0 Å². The molecule has 0 aliphatic carbocycles. The Bertz CT molecular complexity index is 242. The van der Waals surface area contributed by atoms with Crippen LogP contribution in [0.4, 0.5) is 0 Å². The number of unbranched alkanes of at least 4 members (excludes halogenated alkanes) is 9. The minimum absolute atomic E-state index is 0. The van der Waals surface area contributed by atoms with Gasteiger partial charge in [0.25, 0.3) is 0 Å². The van der Waals surface area contributed by atoms with E-state index in [9.17, 15) is 9.59 Å². The summed E-state index contributed by atoms with van der Waals surface area (Å²) < 4.78 is 4.97. The van der Waals surface area contributed by atoms with Crippen LogP contribution in [-0.4, -0.2) is 18.4 Å². The number of rotatable bonds is 13. The fraction of sp³-hybridized carbons (Fsp3) is 0.875. The molecule has 20 heavy (non-hydrogen) atoms. The predicted octanol–water partition coefficient (Wildman–Crippen LogP) is 4.43. The second-order valence-corrected chi connectivity index (χ2v) is 5.28. The molecule has 0 unspecified atom stereocenters. The fourth-order valence-corrected chi connectivity index (χ4v) is 2.03. The molecule has 3 nitrogen and oxygen atoms in total. The van der Waals surface area contributed by atoms with Gasteiger partial charge in [-0.25, -0.2) is 0 Å². The van der Waals surface area contributed by atoms with E-state index >= 15 is 0 Å². The summed E-state index contributed by atoms with van der Waals surface area (Å²) in [4.78, 5) is 21.7. The Labute approximate surface area is 137 Å². The van der Waals surface area contributed by atoms with Crippen LogP contribution in [0.5, 0.6) is 0 Å². The predicted molar refractivity (Wildman–Crippen MR) is 78.1 cm³/mol. The summed E-state index contributed by atoms with van der Waals surface area (Å²) in [7, 11) is 0. The molecular weight excluding hydrogens is 432 g/mol. The molecule has 0 N–H and O–H groups in total. The van der Waals surface area contributed by atoms with Gasteiger partial charge < -0.3 is 4.74 Å². The molecule has 0 atom stereocenters. The number of hydrogen-bond donors (Lipinski definition) is 0. The molecule has 0 rings (SSSR count). The fourth-order valence-electron chi connectivity index (χ4n) is 2.03. The molecular formula is C16H30IrO3+3. The Morgan fingerprint density at radius 3 is 1.70 bits per heavy atom. The number of hydrogen-bond acceptors (Lipinski definition) is 3. The Morgan fingerprint density at radius 1 is 0.800 bits per heavy atom. The monoisotopic (exact) mass is 463 g/mol. The van der Waals surface area contributed by atoms with Gasteiger partial charge in [0.15, 0.2) is 0 Å². The van der Waals surface area contributed by atoms with Crippen LogP contribution in [0.15, 0.2) is 0 Å². The number of carbonyl (C=O) groups excluding carboxylic acids is 2. The number of carbonyl (C=O) groups is 2. The maximum Gasteiger partial charge on any atom is 3.00 e. The third-order valence-corrected chi connectivity index (χ3v) is 3.15. The molecule has 0 aromatic heterocycles. The Balaban J connectivity index is 0. The van der Waals surface area contributed by atoms with Gasteiger partial charge in [0.2, 0.25) is 0 Å². The molecule has 0 saturated heterocycles. The molecule has 0 bridgehead atoms. The van der Waals surface area contributed by atoms with Crippen molar-refractivity contribution in [2.24, 2.45) is 0 Å². The normalized spacial score (nSPS) is 9.90. The zero-order valence-corrected chi connectivity index (χ0v) is 15.4. The first-order valence-electron chi connectivity index (χ1n) is 7.82. The zero-order valence-electron chi connectivity index (χ0n) is 13.0. The maximum absolute atomic E-state index is 11.1. The summed E-state index contributed by atoms with van der Waals surface area (Å²) in [6.07, 6.45) is 12.6. The summed E-state index contributed by atoms with van der Waals surface area (Å²) in [6.45, 7) is 4.10. The van der Waals surface area contributed by atoms with Crippen molar-refractivity contribution in [2.45, 2.75) is 84.5 Å². The molecule has 0 aromatic rings. The largest absolute Gasteiger partial charge is 3.00 e. The molecule has 0 aliphatic heterocycles. The van der Waals surface area contributed by atoms with Crippen molar-refractivity contribution in [2.75, 3.05) is 6.61 Å². The van der Waals surface area contributed by atoms with Crippen molar-refractivity contribution in [3.8, 4) is 0 Å². The first kappa shape index (κ1) is 22.1. The summed E-state index contributed by atoms with van der Waals surface area (Å²) >= 11 is 0. The summed E-state index contributed by atoms with van der Waals surface area (Å²) in [5.74, 6) is -0.517. The minimum atomic E-state index is -0.386. The Hall–Kier alpha value is -0.211. The van der Waals surface area contributed by atoms with E-state index in [2.05, 4.69) is 6.92 Å². The SMILES string of the molecule is CCCCCCCCCCCCOC(=O)CC(C)=O.[Ir+3]. The molecule has 0 spiro atoms. The van der Waals surface area contributed by atoms with E-state index < -0.39 is 0 Å². The van der Waals surface area contributed by atoms with Gasteiger partial charge in [0, 0.05) is 0 Å². The molecule has 0 amide bonds. The summed E-state index contributed by atoms with van der Waals surface area (Å²) in [5, 5.41) is 0.